The van der Waals surface area contributed by atoms with Crippen molar-refractivity contribution in [3.05, 3.63) is 82.0 Å². The average Bonchev–Trinajstić information content (AvgIpc) is 2.99. The summed E-state index contributed by atoms with van der Waals surface area (Å²) in [6.07, 6.45) is 1.79. The molecule has 2 aromatic carbocycles. The summed E-state index contributed by atoms with van der Waals surface area (Å²) in [5, 5.41) is 13.7. The van der Waals surface area contributed by atoms with Crippen molar-refractivity contribution < 1.29 is 9.90 Å². The molecule has 0 saturated carbocycles. The van der Waals surface area contributed by atoms with Gasteiger partial charge >= 0.3 is 0 Å². The van der Waals surface area contributed by atoms with Gasteiger partial charge in [-0.2, -0.15) is 0 Å². The van der Waals surface area contributed by atoms with Crippen LogP contribution in [0.2, 0.25) is 5.02 Å². The van der Waals surface area contributed by atoms with Crippen LogP contribution in [-0.4, -0.2) is 10.5 Å². The van der Waals surface area contributed by atoms with Gasteiger partial charge in [-0.25, -0.2) is 4.99 Å². The maximum atomic E-state index is 11.0. The predicted molar refractivity (Wildman–Crippen MR) is 98.9 cm³/mol. The lowest BCUT2D eigenvalue weighted by atomic mass is 10.2. The monoisotopic (exact) mass is 369 g/mol. The third-order valence-corrected chi connectivity index (χ3v) is 4.67. The van der Waals surface area contributed by atoms with Crippen molar-refractivity contribution in [2.24, 2.45) is 4.99 Å². The molecular formula is C19H14ClN2O2S-. The van der Waals surface area contributed by atoms with Crippen LogP contribution < -0.4 is 9.91 Å². The average molecular weight is 370 g/mol. The lowest BCUT2D eigenvalue weighted by molar-refractivity contribution is -0.255. The molecule has 1 heterocycles. The van der Waals surface area contributed by atoms with E-state index >= 15 is 0 Å². The van der Waals surface area contributed by atoms with E-state index < -0.39 is 5.97 Å². The van der Waals surface area contributed by atoms with Gasteiger partial charge in [-0.1, -0.05) is 41.9 Å². The molecule has 0 amide bonds. The number of thiazole rings is 1. The third-order valence-electron chi connectivity index (χ3n) is 3.56. The number of hydrogen-bond acceptors (Lipinski definition) is 4. The minimum absolute atomic E-state index is 0.103. The number of nitrogens with zero attached hydrogens (tertiary/aromatic N) is 2. The van der Waals surface area contributed by atoms with E-state index in [4.69, 9.17) is 11.6 Å². The number of halogens is 1. The highest BCUT2D eigenvalue weighted by molar-refractivity contribution is 7.07. The van der Waals surface area contributed by atoms with Gasteiger partial charge in [0.2, 0.25) is 0 Å². The second kappa shape index (κ2) is 7.51. The summed E-state index contributed by atoms with van der Waals surface area (Å²) in [6, 6.07) is 14.0. The number of allylic oxidation sites excluding steroid dienone is 1. The van der Waals surface area contributed by atoms with Crippen molar-refractivity contribution in [1.82, 2.24) is 4.57 Å². The number of benzene rings is 2. The Morgan fingerprint density at radius 3 is 2.72 bits per heavy atom. The highest BCUT2D eigenvalue weighted by Crippen LogP contribution is 2.23. The van der Waals surface area contributed by atoms with Gasteiger partial charge in [-0.3, -0.25) is 0 Å². The third kappa shape index (κ3) is 3.90. The Labute approximate surface area is 154 Å². The molecule has 0 bridgehead atoms. The van der Waals surface area contributed by atoms with Crippen LogP contribution in [0.1, 0.15) is 10.4 Å². The maximum absolute atomic E-state index is 11.0. The van der Waals surface area contributed by atoms with E-state index in [1.54, 1.807) is 18.2 Å². The van der Waals surface area contributed by atoms with Crippen LogP contribution >= 0.6 is 22.9 Å². The minimum atomic E-state index is -1.22. The molecule has 0 N–H and O–H groups in total. The van der Waals surface area contributed by atoms with Crippen LogP contribution in [0.3, 0.4) is 0 Å². The van der Waals surface area contributed by atoms with E-state index in [9.17, 15) is 9.90 Å². The molecule has 0 aliphatic carbocycles. The van der Waals surface area contributed by atoms with Crippen LogP contribution in [0.25, 0.3) is 11.3 Å². The van der Waals surface area contributed by atoms with Gasteiger partial charge in [-0.05, 0) is 35.4 Å². The van der Waals surface area contributed by atoms with Crippen molar-refractivity contribution in [3.8, 4) is 11.3 Å². The Morgan fingerprint density at radius 1 is 1.28 bits per heavy atom. The van der Waals surface area contributed by atoms with Gasteiger partial charge in [0.25, 0.3) is 0 Å². The van der Waals surface area contributed by atoms with Crippen molar-refractivity contribution in [1.29, 1.82) is 0 Å². The summed E-state index contributed by atoms with van der Waals surface area (Å²) in [6.45, 7) is 4.39. The number of aromatic nitrogens is 1. The summed E-state index contributed by atoms with van der Waals surface area (Å²) in [7, 11) is 0. The molecule has 0 spiro atoms. The Morgan fingerprint density at radius 2 is 2.04 bits per heavy atom. The summed E-state index contributed by atoms with van der Waals surface area (Å²) < 4.78 is 2.02. The number of rotatable bonds is 5. The van der Waals surface area contributed by atoms with Crippen LogP contribution in [0.5, 0.6) is 0 Å². The summed E-state index contributed by atoms with van der Waals surface area (Å²) in [4.78, 5) is 16.3. The van der Waals surface area contributed by atoms with E-state index in [-0.39, 0.29) is 5.56 Å². The van der Waals surface area contributed by atoms with Crippen molar-refractivity contribution >= 4 is 34.6 Å². The van der Waals surface area contributed by atoms with Crippen LogP contribution in [-0.2, 0) is 6.54 Å². The zero-order valence-electron chi connectivity index (χ0n) is 13.2. The number of aromatic carboxylic acids is 1. The fraction of sp³-hybridized carbons (Fsp3) is 0.0526. The van der Waals surface area contributed by atoms with Gasteiger partial charge < -0.3 is 14.5 Å². The van der Waals surface area contributed by atoms with E-state index in [1.807, 2.05) is 34.2 Å². The van der Waals surface area contributed by atoms with E-state index in [0.717, 1.165) is 16.1 Å². The van der Waals surface area contributed by atoms with Gasteiger partial charge in [0, 0.05) is 16.9 Å². The number of carboxylic acids is 1. The van der Waals surface area contributed by atoms with E-state index in [1.165, 1.54) is 23.5 Å². The molecule has 6 heteroatoms. The first kappa shape index (κ1) is 17.2. The van der Waals surface area contributed by atoms with Crippen molar-refractivity contribution in [2.45, 2.75) is 6.54 Å². The second-order valence-corrected chi connectivity index (χ2v) is 6.53. The molecule has 4 nitrogen and oxygen atoms in total. The fourth-order valence-corrected chi connectivity index (χ4v) is 3.45. The second-order valence-electron chi connectivity index (χ2n) is 5.26. The Bertz CT molecular complexity index is 987. The minimum Gasteiger partial charge on any atom is -0.545 e. The quantitative estimate of drug-likeness (QED) is 0.644. The molecule has 126 valence electrons. The fourth-order valence-electron chi connectivity index (χ4n) is 2.39. The Hall–Kier alpha value is -2.63. The standard InChI is InChI=1S/C19H15ClN2O2S/c1-2-10-22-17(13-6-8-15(20)9-7-13)12-25-19(22)21-16-5-3-4-14(11-16)18(23)24/h2-9,11-12H,1,10H2,(H,23,24)/p-1. The molecule has 0 atom stereocenters. The number of carboxylic acid groups (broad SMARTS) is 1. The molecule has 0 aliphatic rings. The van der Waals surface area contributed by atoms with Gasteiger partial charge in [-0.15, -0.1) is 17.9 Å². The number of carbonyl (C=O) groups is 1. The molecule has 0 aliphatic heterocycles. The van der Waals surface area contributed by atoms with E-state index in [2.05, 4.69) is 11.6 Å². The van der Waals surface area contributed by atoms with Crippen LogP contribution in [0.4, 0.5) is 5.69 Å². The molecule has 0 saturated heterocycles. The first-order valence-corrected chi connectivity index (χ1v) is 8.75. The van der Waals surface area contributed by atoms with Gasteiger partial charge in [0.15, 0.2) is 4.80 Å². The SMILES string of the molecule is C=CCn1c(-c2ccc(Cl)cc2)csc1=Nc1cccc(C(=O)[O-])c1. The topological polar surface area (TPSA) is 57.4 Å². The molecule has 3 aromatic rings. The van der Waals surface area contributed by atoms with Crippen molar-refractivity contribution in [2.75, 3.05) is 0 Å². The first-order chi connectivity index (χ1) is 12.1. The van der Waals surface area contributed by atoms with Gasteiger partial charge in [0.1, 0.15) is 0 Å². The maximum Gasteiger partial charge on any atom is 0.190 e. The molecule has 3 rings (SSSR count). The van der Waals surface area contributed by atoms with Crippen LogP contribution in [0, 0.1) is 0 Å². The predicted octanol–water partition coefficient (Wildman–Crippen LogP) is 3.65. The van der Waals surface area contributed by atoms with Crippen molar-refractivity contribution in [3.63, 3.8) is 0 Å². The molecule has 0 fully saturated rings. The summed E-state index contributed by atoms with van der Waals surface area (Å²) in [5.74, 6) is -1.22. The van der Waals surface area contributed by atoms with E-state index in [0.29, 0.717) is 17.3 Å². The highest BCUT2D eigenvalue weighted by Gasteiger charge is 2.07. The number of carbonyl (C=O) groups excluding carboxylic acids is 1. The molecule has 0 radical (unpaired) electrons. The smallest absolute Gasteiger partial charge is 0.190 e. The largest absolute Gasteiger partial charge is 0.545 e. The number of hydrogen-bond donors (Lipinski definition) is 0. The Balaban J connectivity index is 2.10. The normalized spacial score (nSPS) is 11.5. The Kier molecular flexibility index (Phi) is 5.16. The lowest BCUT2D eigenvalue weighted by Gasteiger charge is -2.07. The first-order valence-electron chi connectivity index (χ1n) is 7.50. The van der Waals surface area contributed by atoms with Gasteiger partial charge in [0.05, 0.1) is 17.4 Å². The highest BCUT2D eigenvalue weighted by atomic mass is 35.5. The zero-order valence-corrected chi connectivity index (χ0v) is 14.8. The molecule has 1 aromatic heterocycles. The summed E-state index contributed by atoms with van der Waals surface area (Å²) in [5.41, 5.74) is 2.68. The van der Waals surface area contributed by atoms with Crippen LogP contribution in [0.15, 0.2) is 71.6 Å². The molecule has 0 unspecified atom stereocenters. The zero-order chi connectivity index (χ0) is 17.8. The lowest BCUT2D eigenvalue weighted by Crippen LogP contribution is -2.22. The summed E-state index contributed by atoms with van der Waals surface area (Å²) >= 11 is 7.44. The molecule has 25 heavy (non-hydrogen) atoms. The molecular weight excluding hydrogens is 356 g/mol.